The van der Waals surface area contributed by atoms with Gasteiger partial charge in [0.05, 0.1) is 0 Å². The molecule has 0 aliphatic heterocycles. The van der Waals surface area contributed by atoms with Gasteiger partial charge in [-0.3, -0.25) is 4.79 Å². The summed E-state index contributed by atoms with van der Waals surface area (Å²) < 4.78 is 5.24. The average molecular weight is 213 g/mol. The lowest BCUT2D eigenvalue weighted by Crippen LogP contribution is -2.47. The second-order valence-corrected chi connectivity index (χ2v) is 4.91. The van der Waals surface area contributed by atoms with Gasteiger partial charge >= 0.3 is 0 Å². The molecule has 0 bridgehead atoms. The third-order valence-corrected chi connectivity index (χ3v) is 2.98. The third kappa shape index (κ3) is 3.49. The molecule has 0 aromatic heterocycles. The molecule has 1 saturated carbocycles. The molecule has 1 amide bonds. The van der Waals surface area contributed by atoms with Crippen LogP contribution in [0.15, 0.2) is 0 Å². The van der Waals surface area contributed by atoms with Gasteiger partial charge in [0.2, 0.25) is 0 Å². The number of amides is 1. The number of nitrogens with zero attached hydrogens (tertiary/aromatic N) is 1. The van der Waals surface area contributed by atoms with Crippen LogP contribution in [0.4, 0.5) is 0 Å². The average Bonchev–Trinajstić information content (AvgIpc) is 3.00. The van der Waals surface area contributed by atoms with E-state index in [1.807, 2.05) is 18.7 Å². The van der Waals surface area contributed by atoms with Gasteiger partial charge in [-0.15, -0.1) is 0 Å². The van der Waals surface area contributed by atoms with E-state index in [9.17, 15) is 4.79 Å². The van der Waals surface area contributed by atoms with Gasteiger partial charge in [-0.05, 0) is 39.0 Å². The molecule has 0 unspecified atom stereocenters. The number of carbonyl (C=O) groups is 1. The van der Waals surface area contributed by atoms with Crippen LogP contribution in [0.25, 0.3) is 0 Å². The first-order valence-corrected chi connectivity index (χ1v) is 5.85. The summed E-state index contributed by atoms with van der Waals surface area (Å²) in [5, 5.41) is 0. The largest absolute Gasteiger partial charge is 0.369 e. The quantitative estimate of drug-likeness (QED) is 0.676. The molecule has 15 heavy (non-hydrogen) atoms. The van der Waals surface area contributed by atoms with E-state index in [1.165, 1.54) is 12.8 Å². The van der Waals surface area contributed by atoms with E-state index in [-0.39, 0.29) is 5.91 Å². The number of hydrogen-bond acceptors (Lipinski definition) is 2. The maximum atomic E-state index is 12.2. The van der Waals surface area contributed by atoms with Crippen LogP contribution >= 0.6 is 0 Å². The lowest BCUT2D eigenvalue weighted by Gasteiger charge is -2.30. The van der Waals surface area contributed by atoms with Gasteiger partial charge < -0.3 is 9.64 Å². The summed E-state index contributed by atoms with van der Waals surface area (Å²) >= 11 is 0. The Morgan fingerprint density at radius 3 is 2.47 bits per heavy atom. The van der Waals surface area contributed by atoms with Crippen molar-refractivity contribution in [2.24, 2.45) is 5.92 Å². The number of hydrogen-bond donors (Lipinski definition) is 0. The Morgan fingerprint density at radius 1 is 1.47 bits per heavy atom. The monoisotopic (exact) mass is 213 g/mol. The minimum atomic E-state index is -0.677. The van der Waals surface area contributed by atoms with E-state index in [2.05, 4.69) is 6.92 Å². The van der Waals surface area contributed by atoms with Crippen molar-refractivity contribution in [2.45, 2.75) is 45.6 Å². The second-order valence-electron chi connectivity index (χ2n) is 4.91. The topological polar surface area (TPSA) is 29.5 Å². The molecular formula is C12H23NO2. The molecular weight excluding hydrogens is 190 g/mol. The van der Waals surface area contributed by atoms with Crippen molar-refractivity contribution in [3.8, 4) is 0 Å². The molecule has 1 aliphatic carbocycles. The Morgan fingerprint density at radius 2 is 2.07 bits per heavy atom. The summed E-state index contributed by atoms with van der Waals surface area (Å²) in [5.41, 5.74) is -0.677. The Kier molecular flexibility index (Phi) is 4.14. The van der Waals surface area contributed by atoms with Crippen molar-refractivity contribution in [1.29, 1.82) is 0 Å². The van der Waals surface area contributed by atoms with Gasteiger partial charge in [0.25, 0.3) is 5.91 Å². The Balaban J connectivity index is 2.56. The van der Waals surface area contributed by atoms with Gasteiger partial charge in [0, 0.05) is 20.2 Å². The number of rotatable bonds is 6. The molecule has 0 N–H and O–H groups in total. The van der Waals surface area contributed by atoms with Gasteiger partial charge in [-0.1, -0.05) is 6.92 Å². The summed E-state index contributed by atoms with van der Waals surface area (Å²) in [4.78, 5) is 14.1. The fraction of sp³-hybridized carbons (Fsp3) is 0.917. The van der Waals surface area contributed by atoms with Gasteiger partial charge in [-0.2, -0.15) is 0 Å². The van der Waals surface area contributed by atoms with Crippen molar-refractivity contribution >= 4 is 5.91 Å². The molecule has 0 aromatic rings. The van der Waals surface area contributed by atoms with E-state index in [0.717, 1.165) is 25.4 Å². The molecule has 1 aliphatic rings. The van der Waals surface area contributed by atoms with Crippen molar-refractivity contribution in [1.82, 2.24) is 4.90 Å². The fourth-order valence-electron chi connectivity index (χ4n) is 1.63. The van der Waals surface area contributed by atoms with Crippen LogP contribution in [0.5, 0.6) is 0 Å². The Hall–Kier alpha value is -0.570. The first-order valence-electron chi connectivity index (χ1n) is 5.85. The summed E-state index contributed by atoms with van der Waals surface area (Å²) in [6.07, 6.45) is 3.57. The summed E-state index contributed by atoms with van der Waals surface area (Å²) in [5.74, 6) is 0.868. The smallest absolute Gasteiger partial charge is 0.254 e. The zero-order valence-corrected chi connectivity index (χ0v) is 10.4. The molecule has 1 rings (SSSR count). The molecule has 0 heterocycles. The summed E-state index contributed by atoms with van der Waals surface area (Å²) in [6.45, 7) is 7.55. The number of carbonyl (C=O) groups excluding carboxylic acids is 1. The van der Waals surface area contributed by atoms with Crippen molar-refractivity contribution in [3.63, 3.8) is 0 Å². The van der Waals surface area contributed by atoms with Gasteiger partial charge in [-0.25, -0.2) is 0 Å². The first-order chi connectivity index (χ1) is 7.01. The van der Waals surface area contributed by atoms with E-state index in [4.69, 9.17) is 4.74 Å². The Bertz CT molecular complexity index is 222. The molecule has 1 fully saturated rings. The fourth-order valence-corrected chi connectivity index (χ4v) is 1.63. The van der Waals surface area contributed by atoms with Crippen molar-refractivity contribution < 1.29 is 9.53 Å². The minimum absolute atomic E-state index is 0.124. The zero-order chi connectivity index (χ0) is 11.5. The van der Waals surface area contributed by atoms with Crippen LogP contribution < -0.4 is 0 Å². The first kappa shape index (κ1) is 12.5. The maximum Gasteiger partial charge on any atom is 0.254 e. The Labute approximate surface area is 92.8 Å². The SMILES string of the molecule is CCCN(CC1CC1)C(=O)C(C)(C)OC. The van der Waals surface area contributed by atoms with Crippen molar-refractivity contribution in [2.75, 3.05) is 20.2 Å². The van der Waals surface area contributed by atoms with E-state index in [1.54, 1.807) is 7.11 Å². The van der Waals surface area contributed by atoms with Crippen LogP contribution in [0, 0.1) is 5.92 Å². The number of ether oxygens (including phenoxy) is 1. The number of methoxy groups -OCH3 is 1. The summed E-state index contributed by atoms with van der Waals surface area (Å²) in [6, 6.07) is 0. The highest BCUT2D eigenvalue weighted by Gasteiger charge is 2.34. The van der Waals surface area contributed by atoms with Crippen LogP contribution in [0.1, 0.15) is 40.0 Å². The van der Waals surface area contributed by atoms with E-state index in [0.29, 0.717) is 0 Å². The predicted molar refractivity (Wildman–Crippen MR) is 60.7 cm³/mol. The summed E-state index contributed by atoms with van der Waals surface area (Å²) in [7, 11) is 1.60. The predicted octanol–water partition coefficient (Wildman–Crippen LogP) is 2.06. The minimum Gasteiger partial charge on any atom is -0.369 e. The van der Waals surface area contributed by atoms with Gasteiger partial charge in [0.15, 0.2) is 0 Å². The molecule has 0 atom stereocenters. The van der Waals surface area contributed by atoms with E-state index >= 15 is 0 Å². The zero-order valence-electron chi connectivity index (χ0n) is 10.4. The molecule has 0 radical (unpaired) electrons. The second kappa shape index (κ2) is 4.97. The lowest BCUT2D eigenvalue weighted by molar-refractivity contribution is -0.151. The van der Waals surface area contributed by atoms with Gasteiger partial charge in [0.1, 0.15) is 5.60 Å². The molecule has 3 heteroatoms. The maximum absolute atomic E-state index is 12.2. The van der Waals surface area contributed by atoms with Crippen molar-refractivity contribution in [3.05, 3.63) is 0 Å². The van der Waals surface area contributed by atoms with E-state index < -0.39 is 5.60 Å². The molecule has 0 saturated heterocycles. The molecule has 3 nitrogen and oxygen atoms in total. The van der Waals surface area contributed by atoms with Crippen LogP contribution in [-0.2, 0) is 9.53 Å². The third-order valence-electron chi connectivity index (χ3n) is 2.98. The normalized spacial score (nSPS) is 16.5. The lowest BCUT2D eigenvalue weighted by atomic mass is 10.1. The molecule has 0 aromatic carbocycles. The highest BCUT2D eigenvalue weighted by molar-refractivity contribution is 5.84. The van der Waals surface area contributed by atoms with Crippen LogP contribution in [0.3, 0.4) is 0 Å². The molecule has 0 spiro atoms. The standard InChI is InChI=1S/C12H23NO2/c1-5-8-13(9-10-6-7-10)11(14)12(2,3)15-4/h10H,5-9H2,1-4H3. The molecule has 88 valence electrons. The highest BCUT2D eigenvalue weighted by Crippen LogP contribution is 2.30. The van der Waals surface area contributed by atoms with Crippen LogP contribution in [0.2, 0.25) is 0 Å². The van der Waals surface area contributed by atoms with Crippen LogP contribution in [-0.4, -0.2) is 36.6 Å². The highest BCUT2D eigenvalue weighted by atomic mass is 16.5.